The molecule has 0 heterocycles. The van der Waals surface area contributed by atoms with E-state index in [4.69, 9.17) is 9.47 Å². The molecule has 0 aromatic rings. The van der Waals surface area contributed by atoms with Gasteiger partial charge in [-0.05, 0) is 43.9 Å². The molecule has 5 nitrogen and oxygen atoms in total. The van der Waals surface area contributed by atoms with Crippen LogP contribution in [0.25, 0.3) is 0 Å². The van der Waals surface area contributed by atoms with Crippen molar-refractivity contribution in [3.63, 3.8) is 0 Å². The summed E-state index contributed by atoms with van der Waals surface area (Å²) >= 11 is 0. The summed E-state index contributed by atoms with van der Waals surface area (Å²) in [5.74, 6) is 0.321. The van der Waals surface area contributed by atoms with Gasteiger partial charge in [-0.25, -0.2) is 0 Å². The number of rotatable bonds is 17. The molecular weight excluding hydrogens is 404 g/mol. The van der Waals surface area contributed by atoms with Crippen LogP contribution in [0, 0.1) is 17.8 Å². The molecule has 2 unspecified atom stereocenters. The second-order valence-corrected chi connectivity index (χ2v) is 9.57. The molecule has 0 spiro atoms. The number of carbonyl (C=O) groups excluding carboxylic acids is 3. The predicted octanol–water partition coefficient (Wildman–Crippen LogP) is 6.80. The molecule has 0 aromatic heterocycles. The number of hydrogen-bond donors (Lipinski definition) is 0. The third-order valence-electron chi connectivity index (χ3n) is 6.89. The molecule has 1 fully saturated rings. The Morgan fingerprint density at radius 2 is 1.53 bits per heavy atom. The van der Waals surface area contributed by atoms with Gasteiger partial charge in [-0.1, -0.05) is 72.6 Å². The van der Waals surface area contributed by atoms with E-state index < -0.39 is 0 Å². The van der Waals surface area contributed by atoms with Crippen molar-refractivity contribution in [2.75, 3.05) is 6.61 Å². The van der Waals surface area contributed by atoms with Gasteiger partial charge in [0.2, 0.25) is 0 Å². The van der Waals surface area contributed by atoms with E-state index in [9.17, 15) is 14.4 Å². The molecule has 5 heteroatoms. The summed E-state index contributed by atoms with van der Waals surface area (Å²) in [7, 11) is 0. The zero-order valence-electron chi connectivity index (χ0n) is 21.2. The van der Waals surface area contributed by atoms with Crippen LogP contribution >= 0.6 is 0 Å². The quantitative estimate of drug-likeness (QED) is 0.179. The number of esters is 2. The van der Waals surface area contributed by atoms with Crippen LogP contribution in [0.15, 0.2) is 0 Å². The van der Waals surface area contributed by atoms with Gasteiger partial charge in [-0.15, -0.1) is 0 Å². The molecule has 0 aliphatic heterocycles. The van der Waals surface area contributed by atoms with E-state index in [1.54, 1.807) is 0 Å². The van der Waals surface area contributed by atoms with Crippen LogP contribution in [0.2, 0.25) is 0 Å². The van der Waals surface area contributed by atoms with Crippen LogP contribution in [0.5, 0.6) is 0 Å². The first-order valence-corrected chi connectivity index (χ1v) is 13.3. The highest BCUT2D eigenvalue weighted by Crippen LogP contribution is 2.35. The van der Waals surface area contributed by atoms with Crippen LogP contribution in [-0.4, -0.2) is 30.4 Å². The lowest BCUT2D eigenvalue weighted by Crippen LogP contribution is -2.35. The Labute approximate surface area is 196 Å². The first-order valence-electron chi connectivity index (χ1n) is 13.3. The molecule has 186 valence electrons. The van der Waals surface area contributed by atoms with Crippen molar-refractivity contribution in [3.8, 4) is 0 Å². The number of unbranched alkanes of at least 4 members (excludes halogenated alkanes) is 5. The number of hydrogen-bond acceptors (Lipinski definition) is 5. The van der Waals surface area contributed by atoms with Crippen molar-refractivity contribution in [1.29, 1.82) is 0 Å². The largest absolute Gasteiger partial charge is 0.466 e. The second kappa shape index (κ2) is 17.1. The minimum Gasteiger partial charge on any atom is -0.466 e. The smallest absolute Gasteiger partial charge is 0.306 e. The third-order valence-corrected chi connectivity index (χ3v) is 6.89. The molecule has 0 bridgehead atoms. The maximum Gasteiger partial charge on any atom is 0.306 e. The summed E-state index contributed by atoms with van der Waals surface area (Å²) < 4.78 is 11.2. The van der Waals surface area contributed by atoms with Gasteiger partial charge >= 0.3 is 11.9 Å². The normalized spacial score (nSPS) is 21.7. The van der Waals surface area contributed by atoms with Crippen molar-refractivity contribution in [2.24, 2.45) is 17.8 Å². The third kappa shape index (κ3) is 11.5. The van der Waals surface area contributed by atoms with Gasteiger partial charge in [-0.2, -0.15) is 0 Å². The lowest BCUT2D eigenvalue weighted by atomic mass is 9.74. The molecule has 1 aliphatic carbocycles. The molecule has 0 amide bonds. The Hall–Kier alpha value is -1.39. The standard InChI is InChI=1S/C27H48O5/c1-5-9-10-11-12-13-17-31-26(29)18-21(14-6-2)19-27(30)32-23-15-16-24(25(28)8-4)22(7-3)20-23/h21-24H,5-20H2,1-4H3/t21?,22-,23+,24?/m1/s1. The monoisotopic (exact) mass is 452 g/mol. The van der Waals surface area contributed by atoms with Crippen LogP contribution in [-0.2, 0) is 23.9 Å². The lowest BCUT2D eigenvalue weighted by Gasteiger charge is -2.34. The first kappa shape index (κ1) is 28.6. The average molecular weight is 453 g/mol. The van der Waals surface area contributed by atoms with Crippen LogP contribution in [0.4, 0.5) is 0 Å². The van der Waals surface area contributed by atoms with E-state index in [-0.39, 0.29) is 42.7 Å². The summed E-state index contributed by atoms with van der Waals surface area (Å²) in [6.45, 7) is 8.78. The van der Waals surface area contributed by atoms with E-state index in [0.29, 0.717) is 24.7 Å². The summed E-state index contributed by atoms with van der Waals surface area (Å²) in [6, 6.07) is 0. The Bertz CT molecular complexity index is 544. The highest BCUT2D eigenvalue weighted by molar-refractivity contribution is 5.81. The summed E-state index contributed by atoms with van der Waals surface area (Å²) in [5.41, 5.74) is 0. The van der Waals surface area contributed by atoms with E-state index >= 15 is 0 Å². The molecule has 0 aromatic carbocycles. The first-order chi connectivity index (χ1) is 15.4. The molecule has 4 atom stereocenters. The van der Waals surface area contributed by atoms with E-state index in [2.05, 4.69) is 20.8 Å². The van der Waals surface area contributed by atoms with E-state index in [1.807, 2.05) is 6.92 Å². The summed E-state index contributed by atoms with van der Waals surface area (Å²) in [4.78, 5) is 37.0. The average Bonchev–Trinajstić information content (AvgIpc) is 2.77. The van der Waals surface area contributed by atoms with Gasteiger partial charge in [0.25, 0.3) is 0 Å². The predicted molar refractivity (Wildman–Crippen MR) is 128 cm³/mol. The Kier molecular flexibility index (Phi) is 15.3. The van der Waals surface area contributed by atoms with Crippen LogP contribution < -0.4 is 0 Å². The Balaban J connectivity index is 2.37. The molecule has 0 saturated heterocycles. The topological polar surface area (TPSA) is 69.7 Å². The van der Waals surface area contributed by atoms with Gasteiger partial charge in [0.05, 0.1) is 6.61 Å². The zero-order valence-corrected chi connectivity index (χ0v) is 21.2. The van der Waals surface area contributed by atoms with Gasteiger partial charge in [0, 0.05) is 25.2 Å². The van der Waals surface area contributed by atoms with Gasteiger partial charge in [0.1, 0.15) is 11.9 Å². The van der Waals surface area contributed by atoms with Gasteiger partial charge in [-0.3, -0.25) is 14.4 Å². The van der Waals surface area contributed by atoms with Crippen molar-refractivity contribution < 1.29 is 23.9 Å². The second-order valence-electron chi connectivity index (χ2n) is 9.57. The number of ether oxygens (including phenoxy) is 2. The minimum absolute atomic E-state index is 0.0236. The van der Waals surface area contributed by atoms with Gasteiger partial charge in [0.15, 0.2) is 0 Å². The van der Waals surface area contributed by atoms with Crippen molar-refractivity contribution in [2.45, 2.75) is 130 Å². The van der Waals surface area contributed by atoms with E-state index in [0.717, 1.165) is 51.4 Å². The number of carbonyl (C=O) groups is 3. The fourth-order valence-corrected chi connectivity index (χ4v) is 4.98. The highest BCUT2D eigenvalue weighted by Gasteiger charge is 2.34. The van der Waals surface area contributed by atoms with Crippen LogP contribution in [0.1, 0.15) is 124 Å². The van der Waals surface area contributed by atoms with E-state index in [1.165, 1.54) is 25.7 Å². The van der Waals surface area contributed by atoms with Crippen molar-refractivity contribution in [1.82, 2.24) is 0 Å². The molecule has 0 radical (unpaired) electrons. The summed E-state index contributed by atoms with van der Waals surface area (Å²) in [6.07, 6.45) is 13.0. The fourth-order valence-electron chi connectivity index (χ4n) is 4.98. The lowest BCUT2D eigenvalue weighted by molar-refractivity contribution is -0.154. The highest BCUT2D eigenvalue weighted by atomic mass is 16.5. The Morgan fingerprint density at radius 3 is 2.19 bits per heavy atom. The van der Waals surface area contributed by atoms with Crippen LogP contribution in [0.3, 0.4) is 0 Å². The molecular formula is C27H48O5. The Morgan fingerprint density at radius 1 is 0.844 bits per heavy atom. The maximum absolute atomic E-state index is 12.6. The molecule has 1 aliphatic rings. The molecule has 1 saturated carbocycles. The zero-order chi connectivity index (χ0) is 23.8. The van der Waals surface area contributed by atoms with Crippen molar-refractivity contribution >= 4 is 17.7 Å². The summed E-state index contributed by atoms with van der Waals surface area (Å²) in [5, 5.41) is 0. The maximum atomic E-state index is 12.6. The molecule has 32 heavy (non-hydrogen) atoms. The SMILES string of the molecule is CCCCCCCCOC(=O)CC(CCC)CC(=O)O[C@H]1CCC(C(=O)CC)[C@H](CC)C1. The fraction of sp³-hybridized carbons (Fsp3) is 0.889. The molecule has 1 rings (SSSR count). The number of Topliss-reactive ketones (excluding diaryl/α,β-unsaturated/α-hetero) is 1. The number of ketones is 1. The van der Waals surface area contributed by atoms with Crippen molar-refractivity contribution in [3.05, 3.63) is 0 Å². The van der Waals surface area contributed by atoms with Gasteiger partial charge < -0.3 is 9.47 Å². The minimum atomic E-state index is -0.215. The molecule has 0 N–H and O–H groups in total.